The first kappa shape index (κ1) is 13.1. The quantitative estimate of drug-likeness (QED) is 0.554. The molecule has 17 heavy (non-hydrogen) atoms. The molecule has 4 N–H and O–H groups in total. The van der Waals surface area contributed by atoms with Gasteiger partial charge in [-0.2, -0.15) is 0 Å². The fourth-order valence-corrected chi connectivity index (χ4v) is 1.29. The highest BCUT2D eigenvalue weighted by atomic mass is 16.2. The molecule has 0 aliphatic heterocycles. The number of aromatic nitrogens is 3. The van der Waals surface area contributed by atoms with Crippen LogP contribution in [0.3, 0.4) is 0 Å². The fraction of sp³-hybridized carbons (Fsp3) is 0.556. The first-order valence-corrected chi connectivity index (χ1v) is 5.14. The third-order valence-electron chi connectivity index (χ3n) is 2.14. The van der Waals surface area contributed by atoms with Crippen LogP contribution >= 0.6 is 0 Å². The Morgan fingerprint density at radius 1 is 1.53 bits per heavy atom. The number of rotatable bonds is 5. The van der Waals surface area contributed by atoms with Crippen molar-refractivity contribution in [1.29, 1.82) is 0 Å². The summed E-state index contributed by atoms with van der Waals surface area (Å²) >= 11 is 0. The van der Waals surface area contributed by atoms with Gasteiger partial charge in [0.1, 0.15) is 6.33 Å². The molecule has 2 amide bonds. The van der Waals surface area contributed by atoms with Gasteiger partial charge in [-0.15, -0.1) is 10.2 Å². The van der Waals surface area contributed by atoms with Crippen molar-refractivity contribution >= 4 is 11.8 Å². The van der Waals surface area contributed by atoms with Crippen LogP contribution in [0.1, 0.15) is 18.8 Å². The molecule has 1 unspecified atom stereocenters. The number of hydrogen-bond donors (Lipinski definition) is 3. The molecule has 0 saturated heterocycles. The molecule has 1 aromatic rings. The van der Waals surface area contributed by atoms with Crippen LogP contribution in [0.25, 0.3) is 0 Å². The number of carbonyl (C=O) groups excluding carboxylic acids is 2. The summed E-state index contributed by atoms with van der Waals surface area (Å²) in [6, 6.07) is -0.273. The van der Waals surface area contributed by atoms with E-state index >= 15 is 0 Å². The lowest BCUT2D eigenvalue weighted by Gasteiger charge is -2.13. The molecule has 1 rings (SSSR count). The summed E-state index contributed by atoms with van der Waals surface area (Å²) in [5, 5.41) is 12.6. The van der Waals surface area contributed by atoms with Crippen LogP contribution in [-0.2, 0) is 16.6 Å². The van der Waals surface area contributed by atoms with E-state index in [1.165, 1.54) is 0 Å². The van der Waals surface area contributed by atoms with Crippen LogP contribution in [0.15, 0.2) is 6.33 Å². The van der Waals surface area contributed by atoms with Gasteiger partial charge in [-0.3, -0.25) is 9.59 Å². The minimum atomic E-state index is -0.369. The van der Waals surface area contributed by atoms with Crippen LogP contribution in [0.5, 0.6) is 0 Å². The Labute approximate surface area is 98.6 Å². The lowest BCUT2D eigenvalue weighted by Crippen LogP contribution is -2.40. The maximum absolute atomic E-state index is 11.5. The summed E-state index contributed by atoms with van der Waals surface area (Å²) in [5.41, 5.74) is 5.09. The molecule has 0 saturated carbocycles. The van der Waals surface area contributed by atoms with Crippen molar-refractivity contribution < 1.29 is 9.59 Å². The van der Waals surface area contributed by atoms with Crippen molar-refractivity contribution in [2.24, 2.45) is 12.8 Å². The van der Waals surface area contributed by atoms with Crippen molar-refractivity contribution in [2.45, 2.75) is 13.0 Å². The third-order valence-corrected chi connectivity index (χ3v) is 2.14. The highest BCUT2D eigenvalue weighted by Gasteiger charge is 2.14. The Morgan fingerprint density at radius 3 is 2.76 bits per heavy atom. The van der Waals surface area contributed by atoms with Gasteiger partial charge in [-0.25, -0.2) is 0 Å². The predicted molar refractivity (Wildman–Crippen MR) is 59.6 cm³/mol. The molecular weight excluding hydrogens is 224 g/mol. The Kier molecular flexibility index (Phi) is 4.58. The van der Waals surface area contributed by atoms with Gasteiger partial charge in [0.25, 0.3) is 0 Å². The minimum absolute atomic E-state index is 0.0990. The van der Waals surface area contributed by atoms with E-state index in [4.69, 9.17) is 5.73 Å². The van der Waals surface area contributed by atoms with Crippen LogP contribution in [-0.4, -0.2) is 39.7 Å². The van der Waals surface area contributed by atoms with Gasteiger partial charge < -0.3 is 20.9 Å². The zero-order valence-electron chi connectivity index (χ0n) is 9.80. The van der Waals surface area contributed by atoms with E-state index < -0.39 is 0 Å². The summed E-state index contributed by atoms with van der Waals surface area (Å²) in [6.45, 7) is 1.55. The van der Waals surface area contributed by atoms with E-state index in [9.17, 15) is 9.59 Å². The van der Waals surface area contributed by atoms with E-state index in [0.29, 0.717) is 5.82 Å². The van der Waals surface area contributed by atoms with Crippen LogP contribution in [0.2, 0.25) is 0 Å². The second-order valence-corrected chi connectivity index (χ2v) is 3.57. The van der Waals surface area contributed by atoms with Gasteiger partial charge in [0.15, 0.2) is 5.82 Å². The summed E-state index contributed by atoms with van der Waals surface area (Å²) < 4.78 is 1.71. The van der Waals surface area contributed by atoms with E-state index in [0.717, 1.165) is 0 Å². The first-order valence-electron chi connectivity index (χ1n) is 5.14. The monoisotopic (exact) mass is 240 g/mol. The molecule has 0 aromatic carbocycles. The maximum Gasteiger partial charge on any atom is 0.239 e. The normalized spacial score (nSPS) is 11.9. The van der Waals surface area contributed by atoms with Gasteiger partial charge in [0, 0.05) is 7.05 Å². The lowest BCUT2D eigenvalue weighted by atomic mass is 10.3. The van der Waals surface area contributed by atoms with Crippen LogP contribution in [0, 0.1) is 0 Å². The Balaban J connectivity index is 2.41. The van der Waals surface area contributed by atoms with Crippen molar-refractivity contribution in [2.75, 3.05) is 13.1 Å². The van der Waals surface area contributed by atoms with Crippen LogP contribution < -0.4 is 16.4 Å². The lowest BCUT2D eigenvalue weighted by molar-refractivity contribution is -0.125. The van der Waals surface area contributed by atoms with Crippen molar-refractivity contribution in [3.63, 3.8) is 0 Å². The Hall–Kier alpha value is -1.96. The second-order valence-electron chi connectivity index (χ2n) is 3.57. The summed E-state index contributed by atoms with van der Waals surface area (Å²) in [6.07, 6.45) is 1.55. The Bertz CT molecular complexity index is 402. The first-order chi connectivity index (χ1) is 8.04. The largest absolute Gasteiger partial charge is 0.346 e. The zero-order valence-corrected chi connectivity index (χ0v) is 9.80. The predicted octanol–water partition coefficient (Wildman–Crippen LogP) is -1.93. The molecule has 0 bridgehead atoms. The maximum atomic E-state index is 11.5. The van der Waals surface area contributed by atoms with Gasteiger partial charge in [-0.1, -0.05) is 0 Å². The molecular formula is C9H16N6O2. The van der Waals surface area contributed by atoms with Crippen molar-refractivity contribution in [3.8, 4) is 0 Å². The molecule has 0 radical (unpaired) electrons. The number of aryl methyl sites for hydroxylation is 1. The second kappa shape index (κ2) is 5.94. The Morgan fingerprint density at radius 2 is 2.24 bits per heavy atom. The van der Waals surface area contributed by atoms with Gasteiger partial charge in [0.2, 0.25) is 11.8 Å². The van der Waals surface area contributed by atoms with Crippen LogP contribution in [0.4, 0.5) is 0 Å². The SMILES string of the molecule is CC(NC(=O)CNC(=O)CN)c1nncn1C. The standard InChI is InChI=1S/C9H16N6O2/c1-6(9-14-12-5-15(9)2)13-8(17)4-11-7(16)3-10/h5-6H,3-4,10H2,1-2H3,(H,11,16)(H,13,17). The summed E-state index contributed by atoms with van der Waals surface area (Å²) in [5.74, 6) is -0.0303. The molecule has 8 nitrogen and oxygen atoms in total. The van der Waals surface area contributed by atoms with Gasteiger partial charge in [0.05, 0.1) is 19.1 Å². The average Bonchev–Trinajstić information content (AvgIpc) is 2.72. The number of hydrogen-bond acceptors (Lipinski definition) is 5. The molecule has 1 aromatic heterocycles. The van der Waals surface area contributed by atoms with E-state index in [-0.39, 0.29) is 30.9 Å². The summed E-state index contributed by atoms with van der Waals surface area (Å²) in [7, 11) is 1.79. The van der Waals surface area contributed by atoms with Gasteiger partial charge in [-0.05, 0) is 6.92 Å². The smallest absolute Gasteiger partial charge is 0.239 e. The van der Waals surface area contributed by atoms with Crippen molar-refractivity contribution in [1.82, 2.24) is 25.4 Å². The third kappa shape index (κ3) is 3.83. The molecule has 1 atom stereocenters. The van der Waals surface area contributed by atoms with E-state index in [2.05, 4.69) is 20.8 Å². The number of nitrogens with two attached hydrogens (primary N) is 1. The topological polar surface area (TPSA) is 115 Å². The molecule has 0 fully saturated rings. The summed E-state index contributed by atoms with van der Waals surface area (Å²) in [4.78, 5) is 22.3. The molecule has 0 aliphatic rings. The molecule has 8 heteroatoms. The number of amides is 2. The average molecular weight is 240 g/mol. The molecule has 0 aliphatic carbocycles. The number of carbonyl (C=O) groups is 2. The number of nitrogens with one attached hydrogen (secondary N) is 2. The van der Waals surface area contributed by atoms with E-state index in [1.807, 2.05) is 0 Å². The van der Waals surface area contributed by atoms with E-state index in [1.54, 1.807) is 24.9 Å². The van der Waals surface area contributed by atoms with Crippen molar-refractivity contribution in [3.05, 3.63) is 12.2 Å². The fourth-order valence-electron chi connectivity index (χ4n) is 1.29. The number of nitrogens with zero attached hydrogens (tertiary/aromatic N) is 3. The highest BCUT2D eigenvalue weighted by molar-refractivity contribution is 5.85. The zero-order chi connectivity index (χ0) is 12.8. The van der Waals surface area contributed by atoms with Gasteiger partial charge >= 0.3 is 0 Å². The molecule has 94 valence electrons. The molecule has 1 heterocycles. The minimum Gasteiger partial charge on any atom is -0.346 e. The molecule has 0 spiro atoms. The highest BCUT2D eigenvalue weighted by Crippen LogP contribution is 2.05.